The van der Waals surface area contributed by atoms with Crippen molar-refractivity contribution in [2.45, 2.75) is 58.0 Å². The fourth-order valence-electron chi connectivity index (χ4n) is 3.11. The van der Waals surface area contributed by atoms with Crippen LogP contribution in [0.3, 0.4) is 0 Å². The topological polar surface area (TPSA) is 49.4 Å². The van der Waals surface area contributed by atoms with Crippen molar-refractivity contribution in [1.82, 2.24) is 10.2 Å². The highest BCUT2D eigenvalue weighted by Gasteiger charge is 2.26. The molecule has 120 valence electrons. The van der Waals surface area contributed by atoms with Crippen molar-refractivity contribution in [2.24, 2.45) is 0 Å². The molecule has 1 aliphatic heterocycles. The molecular formula is C18H26N2O2. The van der Waals surface area contributed by atoms with Crippen LogP contribution in [0.1, 0.15) is 57.6 Å². The van der Waals surface area contributed by atoms with Crippen LogP contribution in [-0.4, -0.2) is 29.3 Å². The largest absolute Gasteiger partial charge is 0.349 e. The second kappa shape index (κ2) is 7.97. The van der Waals surface area contributed by atoms with Gasteiger partial charge in [0.05, 0.1) is 6.04 Å². The minimum absolute atomic E-state index is 0.0377. The predicted octanol–water partition coefficient (Wildman–Crippen LogP) is 3.05. The molecule has 22 heavy (non-hydrogen) atoms. The van der Waals surface area contributed by atoms with Crippen molar-refractivity contribution < 1.29 is 9.59 Å². The number of hydrogen-bond acceptors (Lipinski definition) is 2. The maximum atomic E-state index is 12.4. The summed E-state index contributed by atoms with van der Waals surface area (Å²) in [5.74, 6) is -0.230. The Kier molecular flexibility index (Phi) is 5.99. The van der Waals surface area contributed by atoms with Gasteiger partial charge < -0.3 is 10.2 Å². The molecule has 2 amide bonds. The summed E-state index contributed by atoms with van der Waals surface area (Å²) in [5.41, 5.74) is 1.05. The zero-order valence-corrected chi connectivity index (χ0v) is 13.5. The van der Waals surface area contributed by atoms with Crippen LogP contribution in [0, 0.1) is 0 Å². The second-order valence-electron chi connectivity index (χ2n) is 6.02. The molecule has 2 unspecified atom stereocenters. The normalized spacial score (nSPS) is 19.5. The van der Waals surface area contributed by atoms with Crippen molar-refractivity contribution in [1.29, 1.82) is 0 Å². The minimum atomic E-state index is -0.193. The van der Waals surface area contributed by atoms with Crippen molar-refractivity contribution in [3.05, 3.63) is 35.9 Å². The van der Waals surface area contributed by atoms with Gasteiger partial charge in [-0.3, -0.25) is 9.59 Å². The highest BCUT2D eigenvalue weighted by Crippen LogP contribution is 2.20. The molecule has 0 saturated carbocycles. The summed E-state index contributed by atoms with van der Waals surface area (Å²) in [7, 11) is 0. The Hall–Kier alpha value is -1.84. The molecule has 2 rings (SSSR count). The summed E-state index contributed by atoms with van der Waals surface area (Å²) in [5, 5.41) is 2.91. The van der Waals surface area contributed by atoms with E-state index in [9.17, 15) is 9.59 Å². The first-order valence-electron chi connectivity index (χ1n) is 8.25. The van der Waals surface area contributed by atoms with Crippen LogP contribution < -0.4 is 5.32 Å². The number of benzene rings is 1. The highest BCUT2D eigenvalue weighted by atomic mass is 16.2. The monoisotopic (exact) mass is 302 g/mol. The van der Waals surface area contributed by atoms with Gasteiger partial charge in [0.15, 0.2) is 0 Å². The Morgan fingerprint density at radius 2 is 2.00 bits per heavy atom. The Morgan fingerprint density at radius 1 is 1.27 bits per heavy atom. The Morgan fingerprint density at radius 3 is 2.68 bits per heavy atom. The van der Waals surface area contributed by atoms with Gasteiger partial charge in [0.2, 0.25) is 11.8 Å². The van der Waals surface area contributed by atoms with E-state index >= 15 is 0 Å². The standard InChI is InChI=1S/C18H26N2O2/c1-3-16-11-7-8-12-20(16)18(22)13-17(21)19-14(2)15-9-5-4-6-10-15/h4-6,9-10,14,16H,3,7-8,11-13H2,1-2H3,(H,19,21). The molecule has 1 fully saturated rings. The molecular weight excluding hydrogens is 276 g/mol. The Bertz CT molecular complexity index is 501. The van der Waals surface area contributed by atoms with Gasteiger partial charge in [0.25, 0.3) is 0 Å². The number of rotatable bonds is 5. The molecule has 0 aromatic heterocycles. The van der Waals surface area contributed by atoms with E-state index in [2.05, 4.69) is 12.2 Å². The summed E-state index contributed by atoms with van der Waals surface area (Å²) in [6.45, 7) is 4.83. The molecule has 1 saturated heterocycles. The van der Waals surface area contributed by atoms with Crippen LogP contribution in [0.25, 0.3) is 0 Å². The van der Waals surface area contributed by atoms with Gasteiger partial charge in [-0.25, -0.2) is 0 Å². The highest BCUT2D eigenvalue weighted by molar-refractivity contribution is 5.97. The fraction of sp³-hybridized carbons (Fsp3) is 0.556. The lowest BCUT2D eigenvalue weighted by atomic mass is 9.99. The Labute approximate surface area is 132 Å². The average Bonchev–Trinajstić information content (AvgIpc) is 2.55. The molecule has 2 atom stereocenters. The van der Waals surface area contributed by atoms with E-state index in [4.69, 9.17) is 0 Å². The van der Waals surface area contributed by atoms with Gasteiger partial charge in [-0.1, -0.05) is 37.3 Å². The zero-order chi connectivity index (χ0) is 15.9. The maximum Gasteiger partial charge on any atom is 0.232 e. The fourth-order valence-corrected chi connectivity index (χ4v) is 3.11. The second-order valence-corrected chi connectivity index (χ2v) is 6.02. The molecule has 1 N–H and O–H groups in total. The minimum Gasteiger partial charge on any atom is -0.349 e. The molecule has 0 radical (unpaired) electrons. The lowest BCUT2D eigenvalue weighted by Gasteiger charge is -2.35. The van der Waals surface area contributed by atoms with Gasteiger partial charge in [0.1, 0.15) is 6.42 Å². The molecule has 0 bridgehead atoms. The number of hydrogen-bond donors (Lipinski definition) is 1. The van der Waals surface area contributed by atoms with Crippen LogP contribution in [-0.2, 0) is 9.59 Å². The quantitative estimate of drug-likeness (QED) is 0.850. The third kappa shape index (κ3) is 4.33. The van der Waals surface area contributed by atoms with Crippen LogP contribution >= 0.6 is 0 Å². The van der Waals surface area contributed by atoms with Crippen molar-refractivity contribution in [3.8, 4) is 0 Å². The number of nitrogens with one attached hydrogen (secondary N) is 1. The molecule has 4 heteroatoms. The van der Waals surface area contributed by atoms with Crippen LogP contribution in [0.2, 0.25) is 0 Å². The molecule has 0 spiro atoms. The predicted molar refractivity (Wildman–Crippen MR) is 87.3 cm³/mol. The summed E-state index contributed by atoms with van der Waals surface area (Å²) >= 11 is 0. The van der Waals surface area contributed by atoms with Gasteiger partial charge >= 0.3 is 0 Å². The van der Waals surface area contributed by atoms with Gasteiger partial charge in [-0.15, -0.1) is 0 Å². The zero-order valence-electron chi connectivity index (χ0n) is 13.5. The van der Waals surface area contributed by atoms with Crippen LogP contribution in [0.5, 0.6) is 0 Å². The molecule has 1 aromatic rings. The van der Waals surface area contributed by atoms with Gasteiger partial charge in [0, 0.05) is 12.6 Å². The van der Waals surface area contributed by atoms with E-state index in [-0.39, 0.29) is 24.3 Å². The lowest BCUT2D eigenvalue weighted by molar-refractivity contribution is -0.139. The van der Waals surface area contributed by atoms with E-state index in [1.165, 1.54) is 6.42 Å². The average molecular weight is 302 g/mol. The van der Waals surface area contributed by atoms with E-state index in [0.717, 1.165) is 31.4 Å². The number of amides is 2. The molecule has 4 nitrogen and oxygen atoms in total. The summed E-state index contributed by atoms with van der Waals surface area (Å²) in [6.07, 6.45) is 4.20. The first-order valence-corrected chi connectivity index (χ1v) is 8.25. The summed E-state index contributed by atoms with van der Waals surface area (Å²) in [6, 6.07) is 10.0. The number of nitrogens with zero attached hydrogens (tertiary/aromatic N) is 1. The van der Waals surface area contributed by atoms with Crippen molar-refractivity contribution >= 4 is 11.8 Å². The Balaban J connectivity index is 1.87. The number of carbonyl (C=O) groups excluding carboxylic acids is 2. The van der Waals surface area contributed by atoms with Crippen LogP contribution in [0.15, 0.2) is 30.3 Å². The van der Waals surface area contributed by atoms with Gasteiger partial charge in [-0.2, -0.15) is 0 Å². The summed E-state index contributed by atoms with van der Waals surface area (Å²) < 4.78 is 0. The van der Waals surface area contributed by atoms with Crippen molar-refractivity contribution in [3.63, 3.8) is 0 Å². The molecule has 1 aliphatic rings. The third-order valence-electron chi connectivity index (χ3n) is 4.41. The lowest BCUT2D eigenvalue weighted by Crippen LogP contribution is -2.45. The summed E-state index contributed by atoms with van der Waals surface area (Å²) in [4.78, 5) is 26.4. The van der Waals surface area contributed by atoms with E-state index in [0.29, 0.717) is 6.04 Å². The number of carbonyl (C=O) groups is 2. The first-order chi connectivity index (χ1) is 10.6. The van der Waals surface area contributed by atoms with Crippen molar-refractivity contribution in [2.75, 3.05) is 6.54 Å². The maximum absolute atomic E-state index is 12.4. The molecule has 1 heterocycles. The third-order valence-corrected chi connectivity index (χ3v) is 4.41. The van der Waals surface area contributed by atoms with E-state index < -0.39 is 0 Å². The van der Waals surface area contributed by atoms with Crippen LogP contribution in [0.4, 0.5) is 0 Å². The molecule has 0 aliphatic carbocycles. The molecule has 1 aromatic carbocycles. The van der Waals surface area contributed by atoms with E-state index in [1.807, 2.05) is 42.2 Å². The van der Waals surface area contributed by atoms with E-state index in [1.54, 1.807) is 0 Å². The van der Waals surface area contributed by atoms with Gasteiger partial charge in [-0.05, 0) is 38.2 Å². The smallest absolute Gasteiger partial charge is 0.232 e. The number of likely N-dealkylation sites (tertiary alicyclic amines) is 1. The number of piperidine rings is 1. The SMILES string of the molecule is CCC1CCCCN1C(=O)CC(=O)NC(C)c1ccccc1. The first kappa shape index (κ1) is 16.5.